The van der Waals surface area contributed by atoms with E-state index >= 15 is 0 Å². The van der Waals surface area contributed by atoms with Crippen molar-refractivity contribution in [1.82, 2.24) is 0 Å². The van der Waals surface area contributed by atoms with Gasteiger partial charge >= 0.3 is 5.97 Å². The predicted octanol–water partition coefficient (Wildman–Crippen LogP) is 4.08. The lowest BCUT2D eigenvalue weighted by molar-refractivity contribution is -0.312. The highest BCUT2D eigenvalue weighted by atomic mass is 16.6. The minimum Gasteiger partial charge on any atom is -0.550 e. The molecule has 0 saturated carbocycles. The van der Waals surface area contributed by atoms with Gasteiger partial charge in [0, 0.05) is 11.9 Å². The van der Waals surface area contributed by atoms with Gasteiger partial charge in [-0.2, -0.15) is 0 Å². The highest BCUT2D eigenvalue weighted by Crippen LogP contribution is 2.25. The number of carbonyl (C=O) groups is 2. The lowest BCUT2D eigenvalue weighted by Gasteiger charge is -2.22. The molecule has 2 rings (SSSR count). The van der Waals surface area contributed by atoms with E-state index in [0.29, 0.717) is 12.8 Å². The number of carboxylic acid groups (broad SMARTS) is 1. The summed E-state index contributed by atoms with van der Waals surface area (Å²) in [5.74, 6) is -2.51. The molecule has 150 valence electrons. The highest BCUT2D eigenvalue weighted by Gasteiger charge is 2.21. The molecule has 4 nitrogen and oxygen atoms in total. The van der Waals surface area contributed by atoms with Gasteiger partial charge in [-0.3, -0.25) is 4.79 Å². The first kappa shape index (κ1) is 21.7. The Morgan fingerprint density at radius 2 is 1.75 bits per heavy atom. The summed E-state index contributed by atoms with van der Waals surface area (Å²) in [6.45, 7) is 7.37. The van der Waals surface area contributed by atoms with Gasteiger partial charge < -0.3 is 14.6 Å². The fourth-order valence-electron chi connectivity index (χ4n) is 3.26. The number of rotatable bonds is 8. The minimum absolute atomic E-state index is 0.147. The van der Waals surface area contributed by atoms with Gasteiger partial charge in [-0.15, -0.1) is 0 Å². The quantitative estimate of drug-likeness (QED) is 0.646. The molecule has 0 aromatic heterocycles. The standard InChI is InChI=1S/C24H30O4/c1-17-15-18(13-14-21(17)19-10-6-5-7-11-19)9-8-12-20(23(26)27)16-22(25)28-24(2,3)4/h5-7,10-11,13-15,20H,8-9,12,16H2,1-4H3,(H,26,27)/p-1/t20-/m1/s1. The Hall–Kier alpha value is -2.62. The highest BCUT2D eigenvalue weighted by molar-refractivity contribution is 5.78. The maximum absolute atomic E-state index is 11.9. The van der Waals surface area contributed by atoms with Crippen LogP contribution in [-0.4, -0.2) is 17.5 Å². The number of carboxylic acids is 1. The summed E-state index contributed by atoms with van der Waals surface area (Å²) in [7, 11) is 0. The fraction of sp³-hybridized carbons (Fsp3) is 0.417. The van der Waals surface area contributed by atoms with Gasteiger partial charge in [-0.05, 0) is 69.2 Å². The molecule has 0 saturated heterocycles. The van der Waals surface area contributed by atoms with Crippen LogP contribution in [0.15, 0.2) is 48.5 Å². The van der Waals surface area contributed by atoms with E-state index < -0.39 is 23.5 Å². The van der Waals surface area contributed by atoms with Crippen molar-refractivity contribution in [1.29, 1.82) is 0 Å². The average molecular weight is 381 g/mol. The number of aryl methyl sites for hydroxylation is 2. The molecule has 0 heterocycles. The van der Waals surface area contributed by atoms with E-state index in [9.17, 15) is 14.7 Å². The molecule has 2 aromatic rings. The van der Waals surface area contributed by atoms with E-state index in [1.165, 1.54) is 16.7 Å². The molecule has 0 N–H and O–H groups in total. The molecule has 1 atom stereocenters. The van der Waals surface area contributed by atoms with E-state index in [4.69, 9.17) is 4.74 Å². The van der Waals surface area contributed by atoms with Gasteiger partial charge in [0.2, 0.25) is 0 Å². The van der Waals surface area contributed by atoms with Crippen LogP contribution in [0.3, 0.4) is 0 Å². The number of benzene rings is 2. The van der Waals surface area contributed by atoms with E-state index in [-0.39, 0.29) is 6.42 Å². The second-order valence-corrected chi connectivity index (χ2v) is 8.21. The summed E-state index contributed by atoms with van der Waals surface area (Å²) in [6, 6.07) is 16.5. The molecular weight excluding hydrogens is 352 g/mol. The molecule has 0 aliphatic carbocycles. The van der Waals surface area contributed by atoms with Gasteiger partial charge in [-0.1, -0.05) is 48.5 Å². The van der Waals surface area contributed by atoms with Crippen molar-refractivity contribution in [3.63, 3.8) is 0 Å². The normalized spacial score (nSPS) is 12.4. The third-order valence-corrected chi connectivity index (χ3v) is 4.56. The lowest BCUT2D eigenvalue weighted by atomic mass is 9.94. The van der Waals surface area contributed by atoms with Gasteiger partial charge in [0.05, 0.1) is 6.42 Å². The second kappa shape index (κ2) is 9.54. The van der Waals surface area contributed by atoms with Gasteiger partial charge in [0.1, 0.15) is 5.60 Å². The fourth-order valence-corrected chi connectivity index (χ4v) is 3.26. The Balaban J connectivity index is 1.92. The van der Waals surface area contributed by atoms with Crippen molar-refractivity contribution in [3.05, 3.63) is 59.7 Å². The van der Waals surface area contributed by atoms with Crippen molar-refractivity contribution < 1.29 is 19.4 Å². The number of hydrogen-bond acceptors (Lipinski definition) is 4. The number of carbonyl (C=O) groups excluding carboxylic acids is 2. The Kier molecular flexibility index (Phi) is 7.38. The maximum atomic E-state index is 11.9. The third kappa shape index (κ3) is 6.84. The molecule has 0 aliphatic rings. The second-order valence-electron chi connectivity index (χ2n) is 8.21. The SMILES string of the molecule is Cc1cc(CCC[C@H](CC(=O)OC(C)(C)C)C(=O)[O-])ccc1-c1ccccc1. The largest absolute Gasteiger partial charge is 0.550 e. The Morgan fingerprint density at radius 1 is 1.07 bits per heavy atom. The first-order valence-electron chi connectivity index (χ1n) is 9.73. The predicted molar refractivity (Wildman–Crippen MR) is 109 cm³/mol. The monoisotopic (exact) mass is 381 g/mol. The molecule has 0 fully saturated rings. The van der Waals surface area contributed by atoms with Crippen molar-refractivity contribution in [2.75, 3.05) is 0 Å². The van der Waals surface area contributed by atoms with Crippen LogP contribution in [0, 0.1) is 12.8 Å². The van der Waals surface area contributed by atoms with E-state index in [2.05, 4.69) is 37.3 Å². The van der Waals surface area contributed by atoms with Gasteiger partial charge in [0.15, 0.2) is 0 Å². The molecular formula is C24H29O4-. The lowest BCUT2D eigenvalue weighted by Crippen LogP contribution is -2.34. The molecule has 2 aromatic carbocycles. The molecule has 28 heavy (non-hydrogen) atoms. The minimum atomic E-state index is -1.19. The summed E-state index contributed by atoms with van der Waals surface area (Å²) in [4.78, 5) is 23.3. The summed E-state index contributed by atoms with van der Waals surface area (Å²) in [5.41, 5.74) is 4.11. The topological polar surface area (TPSA) is 66.4 Å². The smallest absolute Gasteiger partial charge is 0.306 e. The summed E-state index contributed by atoms with van der Waals surface area (Å²) >= 11 is 0. The van der Waals surface area contributed by atoms with Gasteiger partial charge in [-0.25, -0.2) is 0 Å². The van der Waals surface area contributed by atoms with E-state index in [0.717, 1.165) is 12.0 Å². The molecule has 0 unspecified atom stereocenters. The first-order valence-corrected chi connectivity index (χ1v) is 9.73. The number of ether oxygens (including phenoxy) is 1. The maximum Gasteiger partial charge on any atom is 0.306 e. The van der Waals surface area contributed by atoms with E-state index in [1.807, 2.05) is 18.2 Å². The molecule has 0 radical (unpaired) electrons. The Labute approximate surface area is 167 Å². The number of esters is 1. The molecule has 4 heteroatoms. The average Bonchev–Trinajstić information content (AvgIpc) is 2.60. The van der Waals surface area contributed by atoms with Crippen LogP contribution in [0.1, 0.15) is 51.2 Å². The van der Waals surface area contributed by atoms with Crippen LogP contribution in [0.2, 0.25) is 0 Å². The Morgan fingerprint density at radius 3 is 2.32 bits per heavy atom. The summed E-state index contributed by atoms with van der Waals surface area (Å²) in [6.07, 6.45) is 1.67. The van der Waals surface area contributed by atoms with Crippen LogP contribution >= 0.6 is 0 Å². The van der Waals surface area contributed by atoms with Crippen LogP contribution < -0.4 is 5.11 Å². The van der Waals surface area contributed by atoms with Gasteiger partial charge in [0.25, 0.3) is 0 Å². The molecule has 0 amide bonds. The van der Waals surface area contributed by atoms with Crippen molar-refractivity contribution >= 4 is 11.9 Å². The third-order valence-electron chi connectivity index (χ3n) is 4.56. The van der Waals surface area contributed by atoms with Crippen molar-refractivity contribution in [2.45, 2.75) is 59.0 Å². The van der Waals surface area contributed by atoms with Crippen molar-refractivity contribution in [3.8, 4) is 11.1 Å². The zero-order valence-electron chi connectivity index (χ0n) is 17.2. The zero-order chi connectivity index (χ0) is 20.7. The molecule has 0 spiro atoms. The van der Waals surface area contributed by atoms with Crippen LogP contribution in [0.25, 0.3) is 11.1 Å². The van der Waals surface area contributed by atoms with Crippen LogP contribution in [-0.2, 0) is 20.7 Å². The van der Waals surface area contributed by atoms with Crippen LogP contribution in [0.4, 0.5) is 0 Å². The van der Waals surface area contributed by atoms with Crippen molar-refractivity contribution in [2.24, 2.45) is 5.92 Å². The molecule has 0 aliphatic heterocycles. The summed E-state index contributed by atoms with van der Waals surface area (Å²) in [5, 5.41) is 11.4. The Bertz CT molecular complexity index is 803. The molecule has 0 bridgehead atoms. The number of hydrogen-bond donors (Lipinski definition) is 0. The van der Waals surface area contributed by atoms with Crippen LogP contribution in [0.5, 0.6) is 0 Å². The van der Waals surface area contributed by atoms with E-state index in [1.54, 1.807) is 20.8 Å². The first-order chi connectivity index (χ1) is 13.2. The summed E-state index contributed by atoms with van der Waals surface area (Å²) < 4.78 is 5.22. The zero-order valence-corrected chi connectivity index (χ0v) is 17.2. The number of aliphatic carboxylic acids is 1.